The highest BCUT2D eigenvalue weighted by Crippen LogP contribution is 2.31. The Bertz CT molecular complexity index is 1390. The lowest BCUT2D eigenvalue weighted by Gasteiger charge is -2.12. The van der Waals surface area contributed by atoms with Crippen LogP contribution in [0.3, 0.4) is 0 Å². The summed E-state index contributed by atoms with van der Waals surface area (Å²) in [5.74, 6) is -0.533. The molecule has 0 saturated carbocycles. The highest BCUT2D eigenvalue weighted by molar-refractivity contribution is 7.10. The number of fused-ring (bicyclic) bond motifs is 1. The molecule has 11 heteroatoms. The van der Waals surface area contributed by atoms with Crippen LogP contribution in [0.4, 0.5) is 19.7 Å². The Morgan fingerprint density at radius 2 is 1.88 bits per heavy atom. The predicted molar refractivity (Wildman–Crippen MR) is 126 cm³/mol. The fourth-order valence-electron chi connectivity index (χ4n) is 4.31. The van der Waals surface area contributed by atoms with Gasteiger partial charge in [0.1, 0.15) is 27.7 Å². The van der Waals surface area contributed by atoms with E-state index in [1.54, 1.807) is 17.0 Å². The van der Waals surface area contributed by atoms with Gasteiger partial charge in [0.25, 0.3) is 5.91 Å². The van der Waals surface area contributed by atoms with Gasteiger partial charge in [-0.25, -0.2) is 23.7 Å². The summed E-state index contributed by atoms with van der Waals surface area (Å²) >= 11 is 1.10. The third-order valence-corrected chi connectivity index (χ3v) is 6.52. The molecule has 176 valence electrons. The SMILES string of the molecule is Cc1nc2c(F)cc(-c3nc(Nc4cc(C(=O)N5CCCC5)ns4)ncc3F)cc2n1C(C)C. The van der Waals surface area contributed by atoms with Gasteiger partial charge in [-0.1, -0.05) is 0 Å². The number of likely N-dealkylation sites (tertiary alicyclic amines) is 1. The first-order valence-corrected chi connectivity index (χ1v) is 11.8. The second kappa shape index (κ2) is 8.71. The summed E-state index contributed by atoms with van der Waals surface area (Å²) in [5.41, 5.74) is 1.40. The molecule has 5 rings (SSSR count). The van der Waals surface area contributed by atoms with Gasteiger partial charge < -0.3 is 14.8 Å². The molecule has 3 aromatic heterocycles. The molecule has 1 aromatic carbocycles. The molecule has 0 unspecified atom stereocenters. The summed E-state index contributed by atoms with van der Waals surface area (Å²) < 4.78 is 35.7. The van der Waals surface area contributed by atoms with Crippen molar-refractivity contribution in [2.24, 2.45) is 0 Å². The van der Waals surface area contributed by atoms with E-state index in [-0.39, 0.29) is 34.7 Å². The number of carbonyl (C=O) groups is 1. The van der Waals surface area contributed by atoms with Crippen molar-refractivity contribution in [2.75, 3.05) is 18.4 Å². The molecule has 1 aliphatic rings. The molecule has 0 spiro atoms. The quantitative estimate of drug-likeness (QED) is 0.425. The Balaban J connectivity index is 1.46. The van der Waals surface area contributed by atoms with Gasteiger partial charge in [-0.15, -0.1) is 0 Å². The summed E-state index contributed by atoms with van der Waals surface area (Å²) in [6.45, 7) is 7.23. The smallest absolute Gasteiger partial charge is 0.273 e. The zero-order valence-corrected chi connectivity index (χ0v) is 19.8. The number of hydrogen-bond acceptors (Lipinski definition) is 7. The number of carbonyl (C=O) groups excluding carboxylic acids is 1. The van der Waals surface area contributed by atoms with Crippen LogP contribution in [0, 0.1) is 18.6 Å². The summed E-state index contributed by atoms with van der Waals surface area (Å²) in [5, 5.41) is 3.53. The second-order valence-electron chi connectivity index (χ2n) is 8.54. The van der Waals surface area contributed by atoms with Gasteiger partial charge in [-0.2, -0.15) is 4.37 Å². The first-order chi connectivity index (χ1) is 16.3. The minimum absolute atomic E-state index is 0.0367. The monoisotopic (exact) mass is 483 g/mol. The lowest BCUT2D eigenvalue weighted by Crippen LogP contribution is -2.27. The number of hydrogen-bond donors (Lipinski definition) is 1. The van der Waals surface area contributed by atoms with Crippen LogP contribution in [0.15, 0.2) is 24.4 Å². The zero-order valence-electron chi connectivity index (χ0n) is 19.0. The van der Waals surface area contributed by atoms with Crippen molar-refractivity contribution in [3.63, 3.8) is 0 Å². The van der Waals surface area contributed by atoms with E-state index in [0.29, 0.717) is 22.0 Å². The van der Waals surface area contributed by atoms with Gasteiger partial charge in [0, 0.05) is 30.8 Å². The van der Waals surface area contributed by atoms with Crippen LogP contribution < -0.4 is 5.32 Å². The van der Waals surface area contributed by atoms with Crippen LogP contribution in [-0.4, -0.2) is 47.8 Å². The average Bonchev–Trinajstić information content (AvgIpc) is 3.54. The molecule has 1 saturated heterocycles. The molecule has 1 N–H and O–H groups in total. The number of aryl methyl sites for hydroxylation is 1. The molecule has 34 heavy (non-hydrogen) atoms. The van der Waals surface area contributed by atoms with Crippen molar-refractivity contribution < 1.29 is 13.6 Å². The summed E-state index contributed by atoms with van der Waals surface area (Å²) in [7, 11) is 0. The van der Waals surface area contributed by atoms with Crippen molar-refractivity contribution in [3.8, 4) is 11.3 Å². The van der Waals surface area contributed by atoms with Gasteiger partial charge in [0.2, 0.25) is 5.95 Å². The van der Waals surface area contributed by atoms with E-state index in [1.807, 2.05) is 25.3 Å². The topological polar surface area (TPSA) is 88.8 Å². The summed E-state index contributed by atoms with van der Waals surface area (Å²) in [6, 6.07) is 4.60. The van der Waals surface area contributed by atoms with Gasteiger partial charge >= 0.3 is 0 Å². The third-order valence-electron chi connectivity index (χ3n) is 5.82. The molecule has 4 heterocycles. The normalized spacial score (nSPS) is 13.9. The lowest BCUT2D eigenvalue weighted by atomic mass is 10.1. The predicted octanol–water partition coefficient (Wildman–Crippen LogP) is 5.10. The van der Waals surface area contributed by atoms with E-state index < -0.39 is 11.6 Å². The average molecular weight is 484 g/mol. The van der Waals surface area contributed by atoms with E-state index in [2.05, 4.69) is 24.6 Å². The number of benzene rings is 1. The van der Waals surface area contributed by atoms with Crippen molar-refractivity contribution >= 4 is 39.4 Å². The lowest BCUT2D eigenvalue weighted by molar-refractivity contribution is 0.0788. The largest absolute Gasteiger partial charge is 0.337 e. The second-order valence-corrected chi connectivity index (χ2v) is 9.34. The minimum Gasteiger partial charge on any atom is -0.337 e. The van der Waals surface area contributed by atoms with Crippen LogP contribution in [0.25, 0.3) is 22.3 Å². The number of anilines is 2. The van der Waals surface area contributed by atoms with E-state index in [4.69, 9.17) is 0 Å². The van der Waals surface area contributed by atoms with Crippen LogP contribution in [0.1, 0.15) is 49.0 Å². The molecule has 0 atom stereocenters. The van der Waals surface area contributed by atoms with Crippen molar-refractivity contribution in [3.05, 3.63) is 47.5 Å². The Kier molecular flexibility index (Phi) is 5.72. The Labute approximate surface area is 198 Å². The van der Waals surface area contributed by atoms with Gasteiger partial charge in [0.05, 0.1) is 11.7 Å². The van der Waals surface area contributed by atoms with Gasteiger partial charge in [-0.05, 0) is 57.3 Å². The van der Waals surface area contributed by atoms with Crippen molar-refractivity contribution in [1.29, 1.82) is 0 Å². The number of aromatic nitrogens is 5. The molecule has 0 bridgehead atoms. The zero-order chi connectivity index (χ0) is 24.0. The molecule has 1 fully saturated rings. The van der Waals surface area contributed by atoms with Crippen molar-refractivity contribution in [1.82, 2.24) is 28.8 Å². The molecular weight excluding hydrogens is 460 g/mol. The first-order valence-electron chi connectivity index (χ1n) is 11.1. The number of nitrogens with one attached hydrogen (secondary N) is 1. The molecular formula is C23H23F2N7OS. The fourth-order valence-corrected chi connectivity index (χ4v) is 4.94. The molecule has 1 aliphatic heterocycles. The van der Waals surface area contributed by atoms with E-state index >= 15 is 0 Å². The highest BCUT2D eigenvalue weighted by atomic mass is 32.1. The molecule has 0 aliphatic carbocycles. The number of nitrogens with zero attached hydrogens (tertiary/aromatic N) is 6. The summed E-state index contributed by atoms with van der Waals surface area (Å²) in [4.78, 5) is 26.9. The van der Waals surface area contributed by atoms with E-state index in [9.17, 15) is 13.6 Å². The van der Waals surface area contributed by atoms with Gasteiger partial charge in [0.15, 0.2) is 11.6 Å². The van der Waals surface area contributed by atoms with Crippen molar-refractivity contribution in [2.45, 2.75) is 39.7 Å². The summed E-state index contributed by atoms with van der Waals surface area (Å²) in [6.07, 6.45) is 3.03. The highest BCUT2D eigenvalue weighted by Gasteiger charge is 2.22. The Morgan fingerprint density at radius 3 is 2.62 bits per heavy atom. The maximum Gasteiger partial charge on any atom is 0.273 e. The molecule has 0 radical (unpaired) electrons. The first kappa shape index (κ1) is 22.3. The minimum atomic E-state index is -0.675. The number of rotatable bonds is 5. The van der Waals surface area contributed by atoms with Crippen LogP contribution in [0.5, 0.6) is 0 Å². The third kappa shape index (κ3) is 4.00. The number of imidazole rings is 1. The maximum atomic E-state index is 14.9. The van der Waals surface area contributed by atoms with Crippen LogP contribution in [0.2, 0.25) is 0 Å². The standard InChI is InChI=1S/C23H23F2N7OS/c1-12(2)32-13(3)27-21-15(24)8-14(9-18(21)32)20-16(25)11-26-23(29-20)28-19-10-17(30-34-19)22(33)31-6-4-5-7-31/h8-12H,4-7H2,1-3H3,(H,26,28,29). The number of halogens is 2. The maximum absolute atomic E-state index is 14.9. The Hall–Kier alpha value is -3.47. The van der Waals surface area contributed by atoms with Crippen LogP contribution >= 0.6 is 11.5 Å². The molecule has 1 amide bonds. The molecule has 8 nitrogen and oxygen atoms in total. The van der Waals surface area contributed by atoms with E-state index in [1.165, 1.54) is 6.07 Å². The van der Waals surface area contributed by atoms with Gasteiger partial charge in [-0.3, -0.25) is 4.79 Å². The van der Waals surface area contributed by atoms with E-state index in [0.717, 1.165) is 43.7 Å². The Morgan fingerprint density at radius 1 is 1.12 bits per heavy atom. The number of amides is 1. The molecule has 4 aromatic rings. The fraction of sp³-hybridized carbons (Fsp3) is 0.348. The van der Waals surface area contributed by atoms with Crippen LogP contribution in [-0.2, 0) is 0 Å².